The van der Waals surface area contributed by atoms with Gasteiger partial charge in [-0.15, -0.1) is 0 Å². The van der Waals surface area contributed by atoms with Crippen molar-refractivity contribution in [2.45, 2.75) is 18.2 Å². The van der Waals surface area contributed by atoms with Crippen molar-refractivity contribution in [1.82, 2.24) is 4.31 Å². The lowest BCUT2D eigenvalue weighted by molar-refractivity contribution is -0.147. The number of nitrogens with one attached hydrogen (secondary N) is 1. The first-order valence-corrected chi connectivity index (χ1v) is 10.3. The van der Waals surface area contributed by atoms with E-state index in [2.05, 4.69) is 5.32 Å². The van der Waals surface area contributed by atoms with Crippen LogP contribution in [0.4, 0.5) is 5.69 Å². The Bertz CT molecular complexity index is 955. The Kier molecular flexibility index (Phi) is 7.74. The Balaban J connectivity index is 1.75. The molecule has 2 aromatic rings. The molecule has 1 N–H and O–H groups in total. The number of benzene rings is 2. The first kappa shape index (κ1) is 22.4. The summed E-state index contributed by atoms with van der Waals surface area (Å²) < 4.78 is 35.6. The van der Waals surface area contributed by atoms with Crippen LogP contribution in [0.15, 0.2) is 53.4 Å². The molecule has 0 atom stereocenters. The highest BCUT2D eigenvalue weighted by Gasteiger charge is 2.17. The van der Waals surface area contributed by atoms with Crippen molar-refractivity contribution in [1.29, 1.82) is 0 Å². The van der Waals surface area contributed by atoms with Crippen molar-refractivity contribution in [2.24, 2.45) is 0 Å². The maximum atomic E-state index is 12.0. The lowest BCUT2D eigenvalue weighted by Crippen LogP contribution is -2.23. The molecule has 8 nitrogen and oxygen atoms in total. The summed E-state index contributed by atoms with van der Waals surface area (Å²) in [4.78, 5) is 23.8. The van der Waals surface area contributed by atoms with Gasteiger partial charge >= 0.3 is 5.97 Å². The smallest absolute Gasteiger partial charge is 0.309 e. The van der Waals surface area contributed by atoms with E-state index in [0.717, 1.165) is 9.87 Å². The summed E-state index contributed by atoms with van der Waals surface area (Å²) in [5.74, 6) is -0.389. The number of rotatable bonds is 9. The van der Waals surface area contributed by atoms with Gasteiger partial charge in [-0.25, -0.2) is 12.7 Å². The molecule has 29 heavy (non-hydrogen) atoms. The van der Waals surface area contributed by atoms with E-state index >= 15 is 0 Å². The van der Waals surface area contributed by atoms with Gasteiger partial charge in [0, 0.05) is 19.8 Å². The number of hydrogen-bond acceptors (Lipinski definition) is 6. The summed E-state index contributed by atoms with van der Waals surface area (Å²) in [5.41, 5.74) is 1.36. The van der Waals surface area contributed by atoms with Gasteiger partial charge in [-0.2, -0.15) is 0 Å². The highest BCUT2D eigenvalue weighted by molar-refractivity contribution is 7.89. The number of hydrogen-bond donors (Lipinski definition) is 1. The van der Waals surface area contributed by atoms with Crippen LogP contribution < -0.4 is 10.1 Å². The van der Waals surface area contributed by atoms with Gasteiger partial charge < -0.3 is 14.8 Å². The normalized spacial score (nSPS) is 11.2. The molecule has 0 unspecified atom stereocenters. The standard InChI is InChI=1S/C20H24N2O6S/c1-15-6-4-5-7-18(15)27-13-12-20(24)28-14-19(23)21-16-8-10-17(11-9-16)29(25,26)22(2)3/h4-11H,12-14H2,1-3H3,(H,21,23). The third kappa shape index (κ3) is 6.58. The highest BCUT2D eigenvalue weighted by Crippen LogP contribution is 2.17. The topological polar surface area (TPSA) is 102 Å². The molecule has 0 spiro atoms. The third-order valence-corrected chi connectivity index (χ3v) is 5.77. The molecule has 2 rings (SSSR count). The van der Waals surface area contributed by atoms with Gasteiger partial charge in [0.15, 0.2) is 6.61 Å². The van der Waals surface area contributed by atoms with Crippen molar-refractivity contribution in [3.8, 4) is 5.75 Å². The fourth-order valence-electron chi connectivity index (χ4n) is 2.30. The van der Waals surface area contributed by atoms with Crippen molar-refractivity contribution >= 4 is 27.6 Å². The van der Waals surface area contributed by atoms with Gasteiger partial charge in [-0.1, -0.05) is 18.2 Å². The molecule has 156 valence electrons. The predicted molar refractivity (Wildman–Crippen MR) is 108 cm³/mol. The first-order chi connectivity index (χ1) is 13.7. The van der Waals surface area contributed by atoms with Gasteiger partial charge in [-0.3, -0.25) is 9.59 Å². The minimum atomic E-state index is -3.54. The van der Waals surface area contributed by atoms with Crippen molar-refractivity contribution in [2.75, 3.05) is 32.6 Å². The molecule has 0 saturated heterocycles. The van der Waals surface area contributed by atoms with Gasteiger partial charge in [0.2, 0.25) is 10.0 Å². The lowest BCUT2D eigenvalue weighted by atomic mass is 10.2. The molecule has 0 bridgehead atoms. The fourth-order valence-corrected chi connectivity index (χ4v) is 3.20. The van der Waals surface area contributed by atoms with Crippen LogP contribution >= 0.6 is 0 Å². The van der Waals surface area contributed by atoms with Gasteiger partial charge in [0.1, 0.15) is 5.75 Å². The maximum absolute atomic E-state index is 12.0. The van der Waals surface area contributed by atoms with Crippen LogP contribution in [-0.2, 0) is 24.3 Å². The minimum absolute atomic E-state index is 0.0126. The zero-order chi connectivity index (χ0) is 21.4. The Morgan fingerprint density at radius 3 is 2.31 bits per heavy atom. The molecule has 0 radical (unpaired) electrons. The number of carbonyl (C=O) groups is 2. The number of nitrogens with zero attached hydrogens (tertiary/aromatic N) is 1. The Labute approximate surface area is 170 Å². The number of esters is 1. The number of para-hydroxylation sites is 1. The average Bonchev–Trinajstić information content (AvgIpc) is 2.68. The van der Waals surface area contributed by atoms with Crippen molar-refractivity contribution in [3.63, 3.8) is 0 Å². The van der Waals surface area contributed by atoms with Crippen LogP contribution in [0.3, 0.4) is 0 Å². The van der Waals surface area contributed by atoms with E-state index < -0.39 is 28.5 Å². The molecule has 0 aromatic heterocycles. The Morgan fingerprint density at radius 2 is 1.69 bits per heavy atom. The minimum Gasteiger partial charge on any atom is -0.493 e. The molecule has 0 heterocycles. The fraction of sp³-hybridized carbons (Fsp3) is 0.300. The van der Waals surface area contributed by atoms with Crippen LogP contribution in [0.2, 0.25) is 0 Å². The van der Waals surface area contributed by atoms with Crippen molar-refractivity contribution in [3.05, 3.63) is 54.1 Å². The predicted octanol–water partition coefficient (Wildman–Crippen LogP) is 2.20. The van der Waals surface area contributed by atoms with Gasteiger partial charge in [0.25, 0.3) is 5.91 Å². The first-order valence-electron chi connectivity index (χ1n) is 8.86. The molecule has 0 aliphatic heterocycles. The molecular weight excluding hydrogens is 396 g/mol. The zero-order valence-electron chi connectivity index (χ0n) is 16.5. The number of amides is 1. The molecule has 0 aliphatic rings. The Morgan fingerprint density at radius 1 is 1.03 bits per heavy atom. The van der Waals surface area contributed by atoms with Crippen LogP contribution in [0.5, 0.6) is 5.75 Å². The van der Waals surface area contributed by atoms with Gasteiger partial charge in [0.05, 0.1) is 17.9 Å². The summed E-state index contributed by atoms with van der Waals surface area (Å²) in [6.45, 7) is 1.61. The summed E-state index contributed by atoms with van der Waals surface area (Å²) >= 11 is 0. The van der Waals surface area contributed by atoms with E-state index in [1.54, 1.807) is 0 Å². The molecule has 9 heteroatoms. The number of carbonyl (C=O) groups excluding carboxylic acids is 2. The average molecular weight is 420 g/mol. The molecule has 2 aromatic carbocycles. The number of aryl methyl sites for hydroxylation is 1. The number of ether oxygens (including phenoxy) is 2. The summed E-state index contributed by atoms with van der Waals surface area (Å²) in [7, 11) is -0.664. The number of anilines is 1. The van der Waals surface area contributed by atoms with E-state index in [1.807, 2.05) is 31.2 Å². The number of sulfonamides is 1. The lowest BCUT2D eigenvalue weighted by Gasteiger charge is -2.12. The second-order valence-electron chi connectivity index (χ2n) is 6.38. The van der Waals surface area contributed by atoms with E-state index in [9.17, 15) is 18.0 Å². The van der Waals surface area contributed by atoms with Crippen molar-refractivity contribution < 1.29 is 27.5 Å². The zero-order valence-corrected chi connectivity index (χ0v) is 17.4. The van der Waals surface area contributed by atoms with E-state index in [-0.39, 0.29) is 17.9 Å². The SMILES string of the molecule is Cc1ccccc1OCCC(=O)OCC(=O)Nc1ccc(S(=O)(=O)N(C)C)cc1. The van der Waals surface area contributed by atoms with E-state index in [4.69, 9.17) is 9.47 Å². The van der Waals surface area contributed by atoms with E-state index in [0.29, 0.717) is 11.4 Å². The summed E-state index contributed by atoms with van der Waals surface area (Å²) in [5, 5.41) is 2.54. The van der Waals surface area contributed by atoms with Crippen LogP contribution in [-0.4, -0.2) is 51.9 Å². The molecule has 0 saturated carbocycles. The molecule has 0 fully saturated rings. The van der Waals surface area contributed by atoms with Crippen LogP contribution in [0, 0.1) is 6.92 Å². The monoisotopic (exact) mass is 420 g/mol. The maximum Gasteiger partial charge on any atom is 0.309 e. The summed E-state index contributed by atoms with van der Waals surface area (Å²) in [6, 6.07) is 13.2. The quantitative estimate of drug-likeness (QED) is 0.624. The molecular formula is C20H24N2O6S. The molecule has 0 aliphatic carbocycles. The van der Waals surface area contributed by atoms with Crippen LogP contribution in [0.25, 0.3) is 0 Å². The molecule has 1 amide bonds. The largest absolute Gasteiger partial charge is 0.493 e. The summed E-state index contributed by atoms with van der Waals surface area (Å²) in [6.07, 6.45) is 0.0126. The van der Waals surface area contributed by atoms with Gasteiger partial charge in [-0.05, 0) is 42.8 Å². The third-order valence-electron chi connectivity index (χ3n) is 3.94. The Hall–Kier alpha value is -2.91. The second-order valence-corrected chi connectivity index (χ2v) is 8.54. The van der Waals surface area contributed by atoms with Crippen LogP contribution in [0.1, 0.15) is 12.0 Å². The second kappa shape index (κ2) is 10.0. The van der Waals surface area contributed by atoms with E-state index in [1.165, 1.54) is 38.4 Å². The highest BCUT2D eigenvalue weighted by atomic mass is 32.2.